The van der Waals surface area contributed by atoms with Crippen molar-refractivity contribution in [1.29, 1.82) is 0 Å². The Kier molecular flexibility index (Phi) is 2.12. The number of rotatable bonds is 4. The quantitative estimate of drug-likeness (QED) is 0.766. The summed E-state index contributed by atoms with van der Waals surface area (Å²) >= 11 is 0. The number of aromatic nitrogens is 1. The van der Waals surface area contributed by atoms with Crippen molar-refractivity contribution in [2.24, 2.45) is 5.73 Å². The third-order valence-corrected chi connectivity index (χ3v) is 2.84. The maximum Gasteiger partial charge on any atom is 0.139 e. The van der Waals surface area contributed by atoms with Crippen LogP contribution in [0.15, 0.2) is 10.7 Å². The lowest BCUT2D eigenvalue weighted by molar-refractivity contribution is 0.385. The molecule has 1 aliphatic rings. The van der Waals surface area contributed by atoms with E-state index < -0.39 is 0 Å². The lowest BCUT2D eigenvalue weighted by Gasteiger charge is -2.06. The summed E-state index contributed by atoms with van der Waals surface area (Å²) in [5.74, 6) is 1.02. The van der Waals surface area contributed by atoms with E-state index >= 15 is 0 Å². The summed E-state index contributed by atoms with van der Waals surface area (Å²) in [5.41, 5.74) is 7.38. The topological polar surface area (TPSA) is 52.0 Å². The molecule has 0 bridgehead atoms. The molecule has 1 fully saturated rings. The SMILES string of the molecule is CCc1oncc1CCC1(N)CC1. The molecule has 3 heteroatoms. The van der Waals surface area contributed by atoms with Crippen LogP contribution in [0.1, 0.15) is 37.5 Å². The van der Waals surface area contributed by atoms with Gasteiger partial charge < -0.3 is 10.3 Å². The molecule has 2 N–H and O–H groups in total. The Balaban J connectivity index is 1.93. The summed E-state index contributed by atoms with van der Waals surface area (Å²) in [4.78, 5) is 0. The van der Waals surface area contributed by atoms with Crippen LogP contribution in [-0.2, 0) is 12.8 Å². The third-order valence-electron chi connectivity index (χ3n) is 2.84. The zero-order valence-corrected chi connectivity index (χ0v) is 8.05. The van der Waals surface area contributed by atoms with E-state index in [1.165, 1.54) is 18.4 Å². The van der Waals surface area contributed by atoms with Crippen molar-refractivity contribution in [3.05, 3.63) is 17.5 Å². The number of nitrogens with two attached hydrogens (primary N) is 1. The minimum atomic E-state index is 0.141. The molecule has 0 aliphatic heterocycles. The fraction of sp³-hybridized carbons (Fsp3) is 0.700. The molecule has 0 radical (unpaired) electrons. The highest BCUT2D eigenvalue weighted by Gasteiger charge is 2.37. The van der Waals surface area contributed by atoms with Gasteiger partial charge >= 0.3 is 0 Å². The molecule has 0 amide bonds. The van der Waals surface area contributed by atoms with Crippen LogP contribution in [0.25, 0.3) is 0 Å². The predicted octanol–water partition coefficient (Wildman–Crippen LogP) is 1.66. The molecule has 0 aromatic carbocycles. The Hall–Kier alpha value is -0.830. The molecule has 1 saturated carbocycles. The Morgan fingerprint density at radius 3 is 3.00 bits per heavy atom. The first-order chi connectivity index (χ1) is 6.23. The molecule has 0 atom stereocenters. The molecule has 13 heavy (non-hydrogen) atoms. The number of nitrogens with zero attached hydrogens (tertiary/aromatic N) is 1. The largest absolute Gasteiger partial charge is 0.361 e. The molecular formula is C10H16N2O. The summed E-state index contributed by atoms with van der Waals surface area (Å²) in [7, 11) is 0. The van der Waals surface area contributed by atoms with E-state index in [-0.39, 0.29) is 5.54 Å². The fourth-order valence-corrected chi connectivity index (χ4v) is 1.57. The lowest BCUT2D eigenvalue weighted by atomic mass is 10.0. The van der Waals surface area contributed by atoms with E-state index in [4.69, 9.17) is 10.3 Å². The van der Waals surface area contributed by atoms with Gasteiger partial charge in [0.1, 0.15) is 5.76 Å². The van der Waals surface area contributed by atoms with Crippen molar-refractivity contribution in [3.8, 4) is 0 Å². The lowest BCUT2D eigenvalue weighted by Crippen LogP contribution is -2.22. The maximum atomic E-state index is 6.00. The summed E-state index contributed by atoms with van der Waals surface area (Å²) < 4.78 is 5.11. The van der Waals surface area contributed by atoms with Crippen LogP contribution in [0.3, 0.4) is 0 Å². The summed E-state index contributed by atoms with van der Waals surface area (Å²) in [6.45, 7) is 2.08. The standard InChI is InChI=1S/C10H16N2O/c1-2-9-8(7-12-13-9)3-4-10(11)5-6-10/h7H,2-6,11H2,1H3. The Morgan fingerprint density at radius 1 is 1.62 bits per heavy atom. The van der Waals surface area contributed by atoms with Crippen molar-refractivity contribution >= 4 is 0 Å². The highest BCUT2D eigenvalue weighted by Crippen LogP contribution is 2.36. The van der Waals surface area contributed by atoms with Crippen LogP contribution >= 0.6 is 0 Å². The first kappa shape index (κ1) is 8.75. The normalized spacial score (nSPS) is 18.9. The van der Waals surface area contributed by atoms with Crippen LogP contribution in [-0.4, -0.2) is 10.7 Å². The van der Waals surface area contributed by atoms with Gasteiger partial charge in [0.2, 0.25) is 0 Å². The zero-order valence-electron chi connectivity index (χ0n) is 8.05. The van der Waals surface area contributed by atoms with Crippen molar-refractivity contribution < 1.29 is 4.52 Å². The summed E-state index contributed by atoms with van der Waals surface area (Å²) in [6.07, 6.45) is 7.20. The summed E-state index contributed by atoms with van der Waals surface area (Å²) in [6, 6.07) is 0. The predicted molar refractivity (Wildman–Crippen MR) is 50.4 cm³/mol. The van der Waals surface area contributed by atoms with Gasteiger partial charge in [-0.05, 0) is 25.7 Å². The number of hydrogen-bond acceptors (Lipinski definition) is 3. The minimum Gasteiger partial charge on any atom is -0.361 e. The van der Waals surface area contributed by atoms with Gasteiger partial charge in [-0.2, -0.15) is 0 Å². The van der Waals surface area contributed by atoms with E-state index in [0.29, 0.717) is 0 Å². The number of hydrogen-bond donors (Lipinski definition) is 1. The molecule has 1 aliphatic carbocycles. The van der Waals surface area contributed by atoms with Crippen molar-refractivity contribution in [2.45, 2.75) is 44.6 Å². The van der Waals surface area contributed by atoms with Crippen molar-refractivity contribution in [2.75, 3.05) is 0 Å². The molecule has 2 rings (SSSR count). The van der Waals surface area contributed by atoms with Gasteiger partial charge in [-0.1, -0.05) is 12.1 Å². The average molecular weight is 180 g/mol. The molecule has 0 saturated heterocycles. The van der Waals surface area contributed by atoms with E-state index in [1.807, 2.05) is 6.20 Å². The molecule has 3 nitrogen and oxygen atoms in total. The molecule has 1 aromatic rings. The van der Waals surface area contributed by atoms with Gasteiger partial charge in [0, 0.05) is 17.5 Å². The van der Waals surface area contributed by atoms with E-state index in [0.717, 1.165) is 25.0 Å². The average Bonchev–Trinajstić information content (AvgIpc) is 2.69. The highest BCUT2D eigenvalue weighted by molar-refractivity contribution is 5.15. The van der Waals surface area contributed by atoms with Crippen LogP contribution in [0.4, 0.5) is 0 Å². The van der Waals surface area contributed by atoms with E-state index in [2.05, 4.69) is 12.1 Å². The Labute approximate surface area is 78.3 Å². The van der Waals surface area contributed by atoms with Gasteiger partial charge in [0.05, 0.1) is 6.20 Å². The van der Waals surface area contributed by atoms with Gasteiger partial charge in [0.15, 0.2) is 0 Å². The van der Waals surface area contributed by atoms with Crippen molar-refractivity contribution in [1.82, 2.24) is 5.16 Å². The van der Waals surface area contributed by atoms with Gasteiger partial charge in [-0.15, -0.1) is 0 Å². The van der Waals surface area contributed by atoms with Crippen LogP contribution in [0.2, 0.25) is 0 Å². The molecule has 0 unspecified atom stereocenters. The second-order valence-electron chi connectivity index (χ2n) is 3.99. The fourth-order valence-electron chi connectivity index (χ4n) is 1.57. The first-order valence-corrected chi connectivity index (χ1v) is 4.95. The molecule has 1 aromatic heterocycles. The van der Waals surface area contributed by atoms with Crippen LogP contribution in [0, 0.1) is 0 Å². The van der Waals surface area contributed by atoms with Gasteiger partial charge in [-0.3, -0.25) is 0 Å². The van der Waals surface area contributed by atoms with Crippen LogP contribution < -0.4 is 5.73 Å². The van der Waals surface area contributed by atoms with Gasteiger partial charge in [-0.25, -0.2) is 0 Å². The second kappa shape index (κ2) is 3.14. The molecule has 0 spiro atoms. The summed E-state index contributed by atoms with van der Waals surface area (Å²) in [5, 5.41) is 3.80. The highest BCUT2D eigenvalue weighted by atomic mass is 16.5. The smallest absolute Gasteiger partial charge is 0.139 e. The Bertz CT molecular complexity index is 289. The second-order valence-corrected chi connectivity index (χ2v) is 3.99. The zero-order chi connectivity index (χ0) is 9.31. The number of aryl methyl sites for hydroxylation is 2. The van der Waals surface area contributed by atoms with Crippen molar-refractivity contribution in [3.63, 3.8) is 0 Å². The molecular weight excluding hydrogens is 164 g/mol. The van der Waals surface area contributed by atoms with Gasteiger partial charge in [0.25, 0.3) is 0 Å². The first-order valence-electron chi connectivity index (χ1n) is 4.95. The maximum absolute atomic E-state index is 6.00. The molecule has 72 valence electrons. The van der Waals surface area contributed by atoms with E-state index in [9.17, 15) is 0 Å². The third kappa shape index (κ3) is 1.91. The molecule has 1 heterocycles. The minimum absolute atomic E-state index is 0.141. The van der Waals surface area contributed by atoms with Crippen LogP contribution in [0.5, 0.6) is 0 Å². The monoisotopic (exact) mass is 180 g/mol. The Morgan fingerprint density at radius 2 is 2.38 bits per heavy atom. The van der Waals surface area contributed by atoms with E-state index in [1.54, 1.807) is 0 Å².